The van der Waals surface area contributed by atoms with E-state index in [1.54, 1.807) is 0 Å². The summed E-state index contributed by atoms with van der Waals surface area (Å²) in [4.78, 5) is 7.21. The van der Waals surface area contributed by atoms with Gasteiger partial charge in [-0.2, -0.15) is 0 Å². The normalized spacial score (nSPS) is 16.2. The van der Waals surface area contributed by atoms with Crippen molar-refractivity contribution in [2.24, 2.45) is 4.99 Å². The Balaban J connectivity index is 0.00000338. The molecule has 0 atom stereocenters. The van der Waals surface area contributed by atoms with Gasteiger partial charge >= 0.3 is 0 Å². The molecule has 1 aromatic rings. The van der Waals surface area contributed by atoms with Crippen LogP contribution >= 0.6 is 24.0 Å². The van der Waals surface area contributed by atoms with Crippen LogP contribution in [0.15, 0.2) is 35.3 Å². The second-order valence-electron chi connectivity index (χ2n) is 6.56. The third-order valence-corrected chi connectivity index (χ3v) is 4.43. The summed E-state index contributed by atoms with van der Waals surface area (Å²) in [7, 11) is 0. The first-order valence-electron chi connectivity index (χ1n) is 9.70. The lowest BCUT2D eigenvalue weighted by atomic mass is 10.1. The molecule has 26 heavy (non-hydrogen) atoms. The quantitative estimate of drug-likeness (QED) is 0.250. The topological polar surface area (TPSA) is 48.9 Å². The van der Waals surface area contributed by atoms with Gasteiger partial charge in [-0.3, -0.25) is 4.99 Å². The van der Waals surface area contributed by atoms with Gasteiger partial charge in [0.2, 0.25) is 0 Å². The number of ether oxygens (including phenoxy) is 1. The van der Waals surface area contributed by atoms with Crippen LogP contribution in [0.2, 0.25) is 0 Å². The van der Waals surface area contributed by atoms with Crippen LogP contribution in [0.5, 0.6) is 0 Å². The molecule has 1 aliphatic rings. The summed E-state index contributed by atoms with van der Waals surface area (Å²) in [5, 5.41) is 6.93. The molecule has 5 nitrogen and oxygen atoms in total. The molecular formula is C20H35IN4O. The first kappa shape index (κ1) is 23.2. The maximum absolute atomic E-state index is 5.71. The first-order valence-corrected chi connectivity index (χ1v) is 9.70. The molecule has 6 heteroatoms. The maximum atomic E-state index is 5.71. The Morgan fingerprint density at radius 2 is 1.92 bits per heavy atom. The summed E-state index contributed by atoms with van der Waals surface area (Å²) in [5.41, 5.74) is 1.20. The van der Waals surface area contributed by atoms with Crippen molar-refractivity contribution in [1.29, 1.82) is 0 Å². The average molecular weight is 474 g/mol. The second-order valence-corrected chi connectivity index (χ2v) is 6.56. The Labute approximate surface area is 176 Å². The number of piperidine rings is 1. The number of hydrogen-bond acceptors (Lipinski definition) is 3. The number of halogens is 1. The molecule has 1 fully saturated rings. The summed E-state index contributed by atoms with van der Waals surface area (Å²) in [6.45, 7) is 10.8. The van der Waals surface area contributed by atoms with E-state index in [1.807, 2.05) is 18.2 Å². The molecule has 0 saturated carbocycles. The Kier molecular flexibility index (Phi) is 12.7. The lowest BCUT2D eigenvalue weighted by Crippen LogP contribution is -2.48. The lowest BCUT2D eigenvalue weighted by molar-refractivity contribution is 0.128. The van der Waals surface area contributed by atoms with Crippen LogP contribution in [-0.4, -0.2) is 56.2 Å². The largest absolute Gasteiger partial charge is 0.375 e. The fourth-order valence-electron chi connectivity index (χ4n) is 3.12. The van der Waals surface area contributed by atoms with Gasteiger partial charge in [0.05, 0.1) is 19.8 Å². The second kappa shape index (κ2) is 14.2. The molecular weight excluding hydrogens is 439 g/mol. The minimum atomic E-state index is 0. The van der Waals surface area contributed by atoms with E-state index >= 15 is 0 Å². The lowest BCUT2D eigenvalue weighted by Gasteiger charge is -2.32. The molecule has 1 saturated heterocycles. The molecule has 2 N–H and O–H groups in total. The Bertz CT molecular complexity index is 490. The van der Waals surface area contributed by atoms with Gasteiger partial charge in [-0.1, -0.05) is 37.3 Å². The van der Waals surface area contributed by atoms with Crippen molar-refractivity contribution in [3.63, 3.8) is 0 Å². The molecule has 0 bridgehead atoms. The number of aliphatic imine (C=N–C) groups is 1. The Hall–Kier alpha value is -0.860. The highest BCUT2D eigenvalue weighted by Gasteiger charge is 2.19. The zero-order valence-corrected chi connectivity index (χ0v) is 18.6. The monoisotopic (exact) mass is 474 g/mol. The van der Waals surface area contributed by atoms with E-state index in [4.69, 9.17) is 4.74 Å². The number of likely N-dealkylation sites (tertiary alicyclic amines) is 1. The summed E-state index contributed by atoms with van der Waals surface area (Å²) in [5.74, 6) is 0.916. The highest BCUT2D eigenvalue weighted by molar-refractivity contribution is 14.0. The molecule has 0 radical (unpaired) electrons. The minimum Gasteiger partial charge on any atom is -0.375 e. The highest BCUT2D eigenvalue weighted by atomic mass is 127. The summed E-state index contributed by atoms with van der Waals surface area (Å²) >= 11 is 0. The fraction of sp³-hybridized carbons (Fsp3) is 0.650. The SMILES string of the molecule is CCCN1CCC(NC(=NCCOCc2ccccc2)NCC)CC1.I. The Morgan fingerprint density at radius 1 is 1.19 bits per heavy atom. The van der Waals surface area contributed by atoms with E-state index in [-0.39, 0.29) is 24.0 Å². The molecule has 1 aromatic carbocycles. The maximum Gasteiger partial charge on any atom is 0.191 e. The van der Waals surface area contributed by atoms with Gasteiger partial charge < -0.3 is 20.3 Å². The average Bonchev–Trinajstić information content (AvgIpc) is 2.64. The van der Waals surface area contributed by atoms with Gasteiger partial charge in [0.15, 0.2) is 5.96 Å². The van der Waals surface area contributed by atoms with Crippen molar-refractivity contribution >= 4 is 29.9 Å². The van der Waals surface area contributed by atoms with E-state index in [0.717, 1.165) is 12.5 Å². The Morgan fingerprint density at radius 3 is 2.58 bits per heavy atom. The van der Waals surface area contributed by atoms with Crippen LogP contribution in [0.1, 0.15) is 38.7 Å². The van der Waals surface area contributed by atoms with Crippen LogP contribution in [0.25, 0.3) is 0 Å². The summed E-state index contributed by atoms with van der Waals surface area (Å²) < 4.78 is 5.71. The number of nitrogens with one attached hydrogen (secondary N) is 2. The van der Waals surface area contributed by atoms with Gasteiger partial charge in [0, 0.05) is 25.7 Å². The number of benzene rings is 1. The molecule has 148 valence electrons. The summed E-state index contributed by atoms with van der Waals surface area (Å²) in [6.07, 6.45) is 3.62. The molecule has 1 aliphatic heterocycles. The molecule has 2 rings (SSSR count). The predicted molar refractivity (Wildman–Crippen MR) is 120 cm³/mol. The smallest absolute Gasteiger partial charge is 0.191 e. The molecule has 0 amide bonds. The van der Waals surface area contributed by atoms with E-state index < -0.39 is 0 Å². The molecule has 0 aliphatic carbocycles. The fourth-order valence-corrected chi connectivity index (χ4v) is 3.12. The van der Waals surface area contributed by atoms with E-state index in [9.17, 15) is 0 Å². The van der Waals surface area contributed by atoms with Crippen molar-refractivity contribution in [1.82, 2.24) is 15.5 Å². The van der Waals surface area contributed by atoms with Crippen molar-refractivity contribution in [2.75, 3.05) is 39.3 Å². The van der Waals surface area contributed by atoms with E-state index in [2.05, 4.69) is 46.5 Å². The van der Waals surface area contributed by atoms with Crippen LogP contribution in [0.3, 0.4) is 0 Å². The zero-order valence-electron chi connectivity index (χ0n) is 16.2. The predicted octanol–water partition coefficient (Wildman–Crippen LogP) is 3.25. The number of guanidine groups is 1. The standard InChI is InChI=1S/C20H34N4O.HI/c1-3-13-24-14-10-19(11-15-24)23-20(21-4-2)22-12-16-25-17-18-8-6-5-7-9-18;/h5-9,19H,3-4,10-17H2,1-2H3,(H2,21,22,23);1H. The molecule has 0 aromatic heterocycles. The first-order chi connectivity index (χ1) is 12.3. The van der Waals surface area contributed by atoms with Gasteiger partial charge in [-0.15, -0.1) is 24.0 Å². The number of hydrogen-bond donors (Lipinski definition) is 2. The van der Waals surface area contributed by atoms with Crippen LogP contribution < -0.4 is 10.6 Å². The van der Waals surface area contributed by atoms with Gasteiger partial charge in [-0.25, -0.2) is 0 Å². The van der Waals surface area contributed by atoms with Crippen molar-refractivity contribution < 1.29 is 4.74 Å². The zero-order chi connectivity index (χ0) is 17.7. The number of nitrogens with zero attached hydrogens (tertiary/aromatic N) is 2. The molecule has 0 unspecified atom stereocenters. The highest BCUT2D eigenvalue weighted by Crippen LogP contribution is 2.10. The van der Waals surface area contributed by atoms with Gasteiger partial charge in [0.25, 0.3) is 0 Å². The van der Waals surface area contributed by atoms with Crippen molar-refractivity contribution in [3.05, 3.63) is 35.9 Å². The van der Waals surface area contributed by atoms with E-state index in [1.165, 1.54) is 44.5 Å². The third kappa shape index (κ3) is 9.19. The molecule has 0 spiro atoms. The minimum absolute atomic E-state index is 0. The summed E-state index contributed by atoms with van der Waals surface area (Å²) in [6, 6.07) is 10.8. The number of rotatable bonds is 9. The van der Waals surface area contributed by atoms with Crippen LogP contribution in [0.4, 0.5) is 0 Å². The van der Waals surface area contributed by atoms with Crippen molar-refractivity contribution in [2.45, 2.75) is 45.8 Å². The molecule has 1 heterocycles. The van der Waals surface area contributed by atoms with Gasteiger partial charge in [-0.05, 0) is 38.3 Å². The third-order valence-electron chi connectivity index (χ3n) is 4.43. The van der Waals surface area contributed by atoms with E-state index in [0.29, 0.717) is 25.8 Å². The van der Waals surface area contributed by atoms with Crippen LogP contribution in [0, 0.1) is 0 Å². The van der Waals surface area contributed by atoms with Gasteiger partial charge in [0.1, 0.15) is 0 Å². The van der Waals surface area contributed by atoms with Crippen LogP contribution in [-0.2, 0) is 11.3 Å². The van der Waals surface area contributed by atoms with Crippen molar-refractivity contribution in [3.8, 4) is 0 Å².